The summed E-state index contributed by atoms with van der Waals surface area (Å²) in [4.78, 5) is 0. The zero-order valence-electron chi connectivity index (χ0n) is 13.7. The lowest BCUT2D eigenvalue weighted by Gasteiger charge is -2.30. The molecule has 2 heteroatoms. The molecule has 0 amide bonds. The molecule has 3 rings (SSSR count). The summed E-state index contributed by atoms with van der Waals surface area (Å²) in [7, 11) is -2.50. The van der Waals surface area contributed by atoms with Gasteiger partial charge in [0, 0.05) is 5.31 Å². The summed E-state index contributed by atoms with van der Waals surface area (Å²) in [6.07, 6.45) is 25.3. The quantitative estimate of drug-likeness (QED) is 0.500. The molecule has 0 saturated heterocycles. The smallest absolute Gasteiger partial charge is 0.162 e. The van der Waals surface area contributed by atoms with Crippen molar-refractivity contribution in [1.82, 2.24) is 0 Å². The first-order valence-corrected chi connectivity index (χ1v) is 10.9. The van der Waals surface area contributed by atoms with Crippen LogP contribution in [0, 0.1) is 0 Å². The number of hydrogen-bond donors (Lipinski definition) is 0. The first-order chi connectivity index (χ1) is 10.8. The first-order valence-electron chi connectivity index (χ1n) is 9.18. The number of rotatable bonds is 3. The summed E-state index contributed by atoms with van der Waals surface area (Å²) >= 11 is 0. The zero-order chi connectivity index (χ0) is 15.3. The van der Waals surface area contributed by atoms with Crippen LogP contribution in [0.2, 0.25) is 0 Å². The van der Waals surface area contributed by atoms with E-state index in [1.807, 2.05) is 0 Å². The van der Waals surface area contributed by atoms with Crippen LogP contribution in [0.3, 0.4) is 0 Å². The molecule has 120 valence electrons. The Morgan fingerprint density at radius 1 is 0.682 bits per heavy atom. The maximum absolute atomic E-state index is 14.3. The standard InChI is InChI=1S/C20H29OP/c21-22(19-14-8-4-9-15-19,20-16-10-5-11-17-20)18-12-6-2-1-3-7-13-18/h6,12-14,16H,1-5,7-11,15,17H2/b12-6?,18-13+. The molecule has 0 fully saturated rings. The van der Waals surface area contributed by atoms with Crippen LogP contribution in [-0.2, 0) is 4.57 Å². The van der Waals surface area contributed by atoms with Crippen LogP contribution in [0.5, 0.6) is 0 Å². The van der Waals surface area contributed by atoms with Gasteiger partial charge in [-0.05, 0) is 87.7 Å². The molecule has 0 aromatic heterocycles. The molecule has 0 saturated carbocycles. The Labute approximate surface area is 135 Å². The monoisotopic (exact) mass is 316 g/mol. The molecule has 0 bridgehead atoms. The lowest BCUT2D eigenvalue weighted by molar-refractivity contribution is 0.578. The van der Waals surface area contributed by atoms with Crippen molar-refractivity contribution in [3.63, 3.8) is 0 Å². The van der Waals surface area contributed by atoms with Crippen LogP contribution in [0.4, 0.5) is 0 Å². The van der Waals surface area contributed by atoms with Crippen molar-refractivity contribution in [3.05, 3.63) is 46.3 Å². The van der Waals surface area contributed by atoms with Crippen molar-refractivity contribution in [2.45, 2.75) is 77.0 Å². The molecule has 0 aromatic carbocycles. The van der Waals surface area contributed by atoms with Gasteiger partial charge in [-0.25, -0.2) is 0 Å². The highest BCUT2D eigenvalue weighted by molar-refractivity contribution is 7.76. The molecule has 0 aliphatic heterocycles. The van der Waals surface area contributed by atoms with Crippen molar-refractivity contribution >= 4 is 7.14 Å². The molecule has 22 heavy (non-hydrogen) atoms. The van der Waals surface area contributed by atoms with E-state index in [4.69, 9.17) is 0 Å². The van der Waals surface area contributed by atoms with Crippen LogP contribution in [0.15, 0.2) is 46.3 Å². The lowest BCUT2D eigenvalue weighted by Crippen LogP contribution is -2.02. The van der Waals surface area contributed by atoms with E-state index in [1.54, 1.807) is 0 Å². The number of hydrogen-bond acceptors (Lipinski definition) is 1. The largest absolute Gasteiger partial charge is 0.309 e. The third kappa shape index (κ3) is 3.40. The van der Waals surface area contributed by atoms with Crippen molar-refractivity contribution in [3.8, 4) is 0 Å². The fourth-order valence-electron chi connectivity index (χ4n) is 3.89. The predicted octanol–water partition coefficient (Wildman–Crippen LogP) is 7.28. The second-order valence-electron chi connectivity index (χ2n) is 6.81. The molecule has 0 unspecified atom stereocenters. The van der Waals surface area contributed by atoms with Gasteiger partial charge in [0.25, 0.3) is 0 Å². The molecule has 1 nitrogen and oxygen atoms in total. The van der Waals surface area contributed by atoms with Gasteiger partial charge in [0.15, 0.2) is 7.14 Å². The second-order valence-corrected chi connectivity index (χ2v) is 9.69. The third-order valence-electron chi connectivity index (χ3n) is 5.17. The lowest BCUT2D eigenvalue weighted by atomic mass is 10.1. The zero-order valence-corrected chi connectivity index (χ0v) is 14.6. The summed E-state index contributed by atoms with van der Waals surface area (Å²) in [5.74, 6) is 0. The Morgan fingerprint density at radius 2 is 1.23 bits per heavy atom. The van der Waals surface area contributed by atoms with Crippen LogP contribution >= 0.6 is 7.14 Å². The van der Waals surface area contributed by atoms with E-state index in [-0.39, 0.29) is 0 Å². The Balaban J connectivity index is 2.03. The van der Waals surface area contributed by atoms with Gasteiger partial charge in [-0.2, -0.15) is 0 Å². The molecule has 0 aromatic rings. The summed E-state index contributed by atoms with van der Waals surface area (Å²) in [5, 5.41) is 3.68. The Kier molecular flexibility index (Phi) is 5.58. The average molecular weight is 316 g/mol. The molecule has 0 N–H and O–H groups in total. The Bertz CT molecular complexity index is 532. The minimum absolute atomic E-state index is 1.04. The van der Waals surface area contributed by atoms with E-state index in [9.17, 15) is 4.57 Å². The highest BCUT2D eigenvalue weighted by atomic mass is 31.2. The molecule has 3 aliphatic rings. The van der Waals surface area contributed by atoms with Crippen molar-refractivity contribution in [1.29, 1.82) is 0 Å². The van der Waals surface area contributed by atoms with Crippen molar-refractivity contribution < 1.29 is 4.57 Å². The van der Waals surface area contributed by atoms with Crippen LogP contribution in [0.25, 0.3) is 0 Å². The van der Waals surface area contributed by atoms with Crippen molar-refractivity contribution in [2.75, 3.05) is 0 Å². The maximum Gasteiger partial charge on any atom is 0.162 e. The minimum atomic E-state index is -2.50. The van der Waals surface area contributed by atoms with E-state index in [1.165, 1.54) is 49.2 Å². The van der Waals surface area contributed by atoms with Gasteiger partial charge in [-0.1, -0.05) is 30.4 Å². The molecular formula is C20H29OP. The van der Waals surface area contributed by atoms with E-state index < -0.39 is 7.14 Å². The van der Waals surface area contributed by atoms with Crippen molar-refractivity contribution in [2.24, 2.45) is 0 Å². The summed E-state index contributed by atoms with van der Waals surface area (Å²) in [5.41, 5.74) is 0. The van der Waals surface area contributed by atoms with Gasteiger partial charge in [0.1, 0.15) is 0 Å². The summed E-state index contributed by atoms with van der Waals surface area (Å²) < 4.78 is 14.3. The predicted molar refractivity (Wildman–Crippen MR) is 96.4 cm³/mol. The normalized spacial score (nSPS) is 26.3. The first kappa shape index (κ1) is 16.1. The molecule has 0 heterocycles. The average Bonchev–Trinajstić information content (AvgIpc) is 2.55. The van der Waals surface area contributed by atoms with Crippen LogP contribution in [-0.4, -0.2) is 0 Å². The Hall–Kier alpha value is -0.810. The highest BCUT2D eigenvalue weighted by Gasteiger charge is 2.35. The molecule has 0 spiro atoms. The van der Waals surface area contributed by atoms with Crippen LogP contribution < -0.4 is 0 Å². The maximum atomic E-state index is 14.3. The molecular weight excluding hydrogens is 287 g/mol. The number of allylic oxidation sites excluding steroid dienone is 8. The fourth-order valence-corrected chi connectivity index (χ4v) is 7.34. The van der Waals surface area contributed by atoms with Gasteiger partial charge < -0.3 is 4.57 Å². The molecule has 0 atom stereocenters. The van der Waals surface area contributed by atoms with Gasteiger partial charge in [0.2, 0.25) is 0 Å². The SMILES string of the molecule is O=P(C1=CCCCC1)(C1=CCCCC1)/C1=C/CCCCC=C1. The van der Waals surface area contributed by atoms with Gasteiger partial charge in [-0.3, -0.25) is 0 Å². The molecule has 3 aliphatic carbocycles. The van der Waals surface area contributed by atoms with Gasteiger partial charge in [0.05, 0.1) is 0 Å². The van der Waals surface area contributed by atoms with E-state index in [0.717, 1.165) is 43.8 Å². The topological polar surface area (TPSA) is 17.1 Å². The third-order valence-corrected chi connectivity index (χ3v) is 8.66. The van der Waals surface area contributed by atoms with E-state index in [2.05, 4.69) is 30.4 Å². The van der Waals surface area contributed by atoms with Gasteiger partial charge in [-0.15, -0.1) is 0 Å². The fraction of sp³-hybridized carbons (Fsp3) is 0.600. The highest BCUT2D eigenvalue weighted by Crippen LogP contribution is 2.70. The molecule has 0 radical (unpaired) electrons. The summed E-state index contributed by atoms with van der Waals surface area (Å²) in [6, 6.07) is 0. The van der Waals surface area contributed by atoms with E-state index >= 15 is 0 Å². The van der Waals surface area contributed by atoms with E-state index in [0.29, 0.717) is 0 Å². The Morgan fingerprint density at radius 3 is 1.82 bits per heavy atom. The van der Waals surface area contributed by atoms with Crippen LogP contribution in [0.1, 0.15) is 77.0 Å². The summed E-state index contributed by atoms with van der Waals surface area (Å²) in [6.45, 7) is 0. The second kappa shape index (κ2) is 7.64. The van der Waals surface area contributed by atoms with Gasteiger partial charge >= 0.3 is 0 Å². The minimum Gasteiger partial charge on any atom is -0.309 e.